The molecule has 0 radical (unpaired) electrons. The van der Waals surface area contributed by atoms with Gasteiger partial charge in [0.15, 0.2) is 0 Å². The van der Waals surface area contributed by atoms with Crippen molar-refractivity contribution in [3.8, 4) is 0 Å². The second-order valence-electron chi connectivity index (χ2n) is 4.03. The minimum atomic E-state index is 0.151. The van der Waals surface area contributed by atoms with Crippen molar-refractivity contribution in [1.82, 2.24) is 4.98 Å². The van der Waals surface area contributed by atoms with Crippen molar-refractivity contribution < 1.29 is 5.11 Å². The highest BCUT2D eigenvalue weighted by atomic mass is 16.3. The van der Waals surface area contributed by atoms with E-state index >= 15 is 0 Å². The van der Waals surface area contributed by atoms with E-state index in [0.717, 1.165) is 5.82 Å². The molecule has 16 heavy (non-hydrogen) atoms. The summed E-state index contributed by atoms with van der Waals surface area (Å²) in [5.74, 6) is 6.87. The van der Waals surface area contributed by atoms with Crippen LogP contribution >= 0.6 is 0 Å². The number of anilines is 2. The number of aliphatic hydroxyl groups is 1. The smallest absolute Gasteiger partial charge is 0.142 e. The largest absolute Gasteiger partial charge is 0.395 e. The lowest BCUT2D eigenvalue weighted by molar-refractivity contribution is 0.283. The zero-order valence-electron chi connectivity index (χ0n) is 9.26. The van der Waals surface area contributed by atoms with Crippen molar-refractivity contribution in [2.75, 3.05) is 23.5 Å². The third-order valence-electron chi connectivity index (χ3n) is 3.03. The van der Waals surface area contributed by atoms with Gasteiger partial charge in [-0.2, -0.15) is 0 Å². The summed E-state index contributed by atoms with van der Waals surface area (Å²) < 4.78 is 0. The first-order chi connectivity index (χ1) is 7.85. The van der Waals surface area contributed by atoms with Crippen LogP contribution in [0.4, 0.5) is 11.6 Å². The summed E-state index contributed by atoms with van der Waals surface area (Å²) in [5.41, 5.74) is 2.54. The molecule has 1 heterocycles. The number of pyridine rings is 1. The fraction of sp³-hybridized carbons (Fsp3) is 0.545. The summed E-state index contributed by atoms with van der Waals surface area (Å²) >= 11 is 0. The van der Waals surface area contributed by atoms with Gasteiger partial charge in [0.05, 0.1) is 6.61 Å². The lowest BCUT2D eigenvalue weighted by atomic mass is 9.91. The predicted octanol–water partition coefficient (Wildman–Crippen LogP) is 0.718. The van der Waals surface area contributed by atoms with Gasteiger partial charge in [0.25, 0.3) is 0 Å². The van der Waals surface area contributed by atoms with Crippen molar-refractivity contribution in [3.05, 3.63) is 18.2 Å². The molecule has 0 amide bonds. The summed E-state index contributed by atoms with van der Waals surface area (Å²) in [7, 11) is 0. The SMILES string of the molecule is NNc1cccc(N(CCO)C2CCC2)n1. The molecule has 0 saturated heterocycles. The van der Waals surface area contributed by atoms with E-state index in [2.05, 4.69) is 15.3 Å². The van der Waals surface area contributed by atoms with E-state index in [-0.39, 0.29) is 6.61 Å². The van der Waals surface area contributed by atoms with Crippen molar-refractivity contribution in [1.29, 1.82) is 0 Å². The predicted molar refractivity (Wildman–Crippen MR) is 64.1 cm³/mol. The maximum atomic E-state index is 9.08. The molecule has 0 unspecified atom stereocenters. The number of rotatable bonds is 5. The van der Waals surface area contributed by atoms with Gasteiger partial charge in [-0.05, 0) is 31.4 Å². The number of aliphatic hydroxyl groups excluding tert-OH is 1. The summed E-state index contributed by atoms with van der Waals surface area (Å²) in [6, 6.07) is 6.21. The van der Waals surface area contributed by atoms with Crippen LogP contribution in [0.25, 0.3) is 0 Å². The molecule has 1 saturated carbocycles. The Balaban J connectivity index is 2.16. The molecule has 1 fully saturated rings. The summed E-state index contributed by atoms with van der Waals surface area (Å²) in [6.45, 7) is 0.782. The van der Waals surface area contributed by atoms with Gasteiger partial charge in [-0.15, -0.1) is 0 Å². The second kappa shape index (κ2) is 5.14. The lowest BCUT2D eigenvalue weighted by Gasteiger charge is -2.38. The Kier molecular flexibility index (Phi) is 3.58. The van der Waals surface area contributed by atoms with Crippen LogP contribution < -0.4 is 16.2 Å². The number of nitrogens with zero attached hydrogens (tertiary/aromatic N) is 2. The van der Waals surface area contributed by atoms with E-state index in [1.165, 1.54) is 19.3 Å². The number of nitrogen functional groups attached to an aromatic ring is 1. The van der Waals surface area contributed by atoms with Crippen LogP contribution in [0, 0.1) is 0 Å². The van der Waals surface area contributed by atoms with Crippen molar-refractivity contribution in [3.63, 3.8) is 0 Å². The van der Waals surface area contributed by atoms with E-state index in [0.29, 0.717) is 18.4 Å². The van der Waals surface area contributed by atoms with Crippen LogP contribution in [0.2, 0.25) is 0 Å². The standard InChI is InChI=1S/C11H18N4O/c12-14-10-5-2-6-11(13-10)15(7-8-16)9-3-1-4-9/h2,5-6,9,16H,1,3-4,7-8,12H2,(H,13,14). The Labute approximate surface area is 95.2 Å². The highest BCUT2D eigenvalue weighted by Gasteiger charge is 2.25. The van der Waals surface area contributed by atoms with Gasteiger partial charge < -0.3 is 15.4 Å². The highest BCUT2D eigenvalue weighted by molar-refractivity contribution is 5.47. The normalized spacial score (nSPS) is 15.6. The first kappa shape index (κ1) is 11.2. The third-order valence-corrected chi connectivity index (χ3v) is 3.03. The molecule has 88 valence electrons. The first-order valence-electron chi connectivity index (χ1n) is 5.66. The van der Waals surface area contributed by atoms with Gasteiger partial charge in [0, 0.05) is 12.6 Å². The summed E-state index contributed by atoms with van der Waals surface area (Å²) in [6.07, 6.45) is 3.63. The first-order valence-corrected chi connectivity index (χ1v) is 5.66. The quantitative estimate of drug-likeness (QED) is 0.505. The number of nitrogens with two attached hydrogens (primary N) is 1. The number of hydrogen-bond donors (Lipinski definition) is 3. The molecule has 0 bridgehead atoms. The minimum absolute atomic E-state index is 0.151. The Bertz CT molecular complexity index is 341. The average molecular weight is 222 g/mol. The molecule has 5 heteroatoms. The Hall–Kier alpha value is -1.33. The fourth-order valence-corrected chi connectivity index (χ4v) is 1.95. The minimum Gasteiger partial charge on any atom is -0.395 e. The monoisotopic (exact) mass is 222 g/mol. The molecule has 1 aliphatic carbocycles. The topological polar surface area (TPSA) is 74.4 Å². The number of aromatic nitrogens is 1. The van der Waals surface area contributed by atoms with Crippen molar-refractivity contribution in [2.45, 2.75) is 25.3 Å². The van der Waals surface area contributed by atoms with Gasteiger partial charge in [0.1, 0.15) is 11.6 Å². The van der Waals surface area contributed by atoms with Gasteiger partial charge >= 0.3 is 0 Å². The zero-order chi connectivity index (χ0) is 11.4. The van der Waals surface area contributed by atoms with Crippen LogP contribution in [0.1, 0.15) is 19.3 Å². The van der Waals surface area contributed by atoms with E-state index in [1.54, 1.807) is 0 Å². The van der Waals surface area contributed by atoms with Gasteiger partial charge in [-0.3, -0.25) is 0 Å². The molecule has 0 atom stereocenters. The third kappa shape index (κ3) is 2.25. The zero-order valence-corrected chi connectivity index (χ0v) is 9.26. The van der Waals surface area contributed by atoms with E-state index in [9.17, 15) is 0 Å². The van der Waals surface area contributed by atoms with E-state index < -0.39 is 0 Å². The maximum absolute atomic E-state index is 9.08. The van der Waals surface area contributed by atoms with E-state index in [1.807, 2.05) is 18.2 Å². The molecule has 1 aromatic heterocycles. The van der Waals surface area contributed by atoms with Crippen LogP contribution in [-0.2, 0) is 0 Å². The summed E-state index contributed by atoms with van der Waals surface area (Å²) in [5, 5.41) is 9.08. The maximum Gasteiger partial charge on any atom is 0.142 e. The van der Waals surface area contributed by atoms with Crippen molar-refractivity contribution >= 4 is 11.6 Å². The molecule has 2 rings (SSSR count). The second-order valence-corrected chi connectivity index (χ2v) is 4.03. The molecule has 1 aliphatic rings. The van der Waals surface area contributed by atoms with Crippen LogP contribution in [0.3, 0.4) is 0 Å². The van der Waals surface area contributed by atoms with Crippen molar-refractivity contribution in [2.24, 2.45) is 5.84 Å². The van der Waals surface area contributed by atoms with E-state index in [4.69, 9.17) is 10.9 Å². The Morgan fingerprint density at radius 1 is 1.50 bits per heavy atom. The fourth-order valence-electron chi connectivity index (χ4n) is 1.95. The average Bonchev–Trinajstić information content (AvgIpc) is 2.26. The molecule has 1 aromatic rings. The molecular weight excluding hydrogens is 204 g/mol. The lowest BCUT2D eigenvalue weighted by Crippen LogP contribution is -2.42. The Morgan fingerprint density at radius 3 is 2.88 bits per heavy atom. The summed E-state index contributed by atoms with van der Waals surface area (Å²) in [4.78, 5) is 6.55. The highest BCUT2D eigenvalue weighted by Crippen LogP contribution is 2.28. The number of hydrazine groups is 1. The molecule has 4 N–H and O–H groups in total. The molecule has 0 aliphatic heterocycles. The van der Waals surface area contributed by atoms with Crippen LogP contribution in [-0.4, -0.2) is 29.3 Å². The Morgan fingerprint density at radius 2 is 2.31 bits per heavy atom. The number of nitrogens with one attached hydrogen (secondary N) is 1. The van der Waals surface area contributed by atoms with Gasteiger partial charge in [-0.25, -0.2) is 10.8 Å². The molecule has 0 spiro atoms. The van der Waals surface area contributed by atoms with Gasteiger partial charge in [0.2, 0.25) is 0 Å². The van der Waals surface area contributed by atoms with Gasteiger partial charge in [-0.1, -0.05) is 6.07 Å². The molecule has 0 aromatic carbocycles. The molecular formula is C11H18N4O. The van der Waals surface area contributed by atoms with Crippen LogP contribution in [0.15, 0.2) is 18.2 Å². The number of hydrogen-bond acceptors (Lipinski definition) is 5. The molecule has 5 nitrogen and oxygen atoms in total. The van der Waals surface area contributed by atoms with Crippen LogP contribution in [0.5, 0.6) is 0 Å².